The highest BCUT2D eigenvalue weighted by Crippen LogP contribution is 2.25. The van der Waals surface area contributed by atoms with Crippen LogP contribution in [0.5, 0.6) is 5.75 Å². The molecule has 0 unspecified atom stereocenters. The first-order valence-electron chi connectivity index (χ1n) is 6.75. The molecule has 104 valence electrons. The van der Waals surface area contributed by atoms with Crippen molar-refractivity contribution < 1.29 is 9.47 Å². The van der Waals surface area contributed by atoms with Crippen LogP contribution in [0.15, 0.2) is 18.2 Å². The van der Waals surface area contributed by atoms with Gasteiger partial charge in [-0.05, 0) is 36.5 Å². The van der Waals surface area contributed by atoms with Gasteiger partial charge in [-0.3, -0.25) is 0 Å². The van der Waals surface area contributed by atoms with Gasteiger partial charge in [-0.15, -0.1) is 0 Å². The van der Waals surface area contributed by atoms with Crippen LogP contribution in [0.25, 0.3) is 0 Å². The lowest BCUT2D eigenvalue weighted by molar-refractivity contribution is 0.0888. The molecule has 0 heterocycles. The standard InChI is InChI=1S/C15H21NO2S/c1-17-14-7-6-12(8-13(14)15(16)19)10-18-9-11-4-2-3-5-11/h6-8,11H,2-5,9-10H2,1H3,(H2,16,19). The molecule has 19 heavy (non-hydrogen) atoms. The van der Waals surface area contributed by atoms with Crippen LogP contribution in [0.4, 0.5) is 0 Å². The largest absolute Gasteiger partial charge is 0.496 e. The van der Waals surface area contributed by atoms with E-state index in [-0.39, 0.29) is 0 Å². The molecule has 0 amide bonds. The zero-order valence-electron chi connectivity index (χ0n) is 11.4. The summed E-state index contributed by atoms with van der Waals surface area (Å²) < 4.78 is 11.0. The van der Waals surface area contributed by atoms with Crippen LogP contribution < -0.4 is 10.5 Å². The van der Waals surface area contributed by atoms with E-state index in [0.29, 0.717) is 17.3 Å². The van der Waals surface area contributed by atoms with E-state index in [4.69, 9.17) is 27.4 Å². The number of methoxy groups -OCH3 is 1. The number of hydrogen-bond donors (Lipinski definition) is 1. The fraction of sp³-hybridized carbons (Fsp3) is 0.533. The van der Waals surface area contributed by atoms with Crippen LogP contribution in [0.3, 0.4) is 0 Å². The molecule has 0 bridgehead atoms. The second-order valence-electron chi connectivity index (χ2n) is 5.06. The van der Waals surface area contributed by atoms with Gasteiger partial charge in [0.2, 0.25) is 0 Å². The van der Waals surface area contributed by atoms with Crippen molar-refractivity contribution in [3.8, 4) is 5.75 Å². The lowest BCUT2D eigenvalue weighted by Gasteiger charge is -2.12. The molecule has 0 aliphatic heterocycles. The summed E-state index contributed by atoms with van der Waals surface area (Å²) in [4.78, 5) is 0.356. The van der Waals surface area contributed by atoms with Crippen molar-refractivity contribution in [2.75, 3.05) is 13.7 Å². The number of ether oxygens (including phenoxy) is 2. The highest BCUT2D eigenvalue weighted by molar-refractivity contribution is 7.80. The molecule has 1 aromatic rings. The third kappa shape index (κ3) is 3.91. The molecule has 2 N–H and O–H groups in total. The van der Waals surface area contributed by atoms with Gasteiger partial charge in [0.1, 0.15) is 10.7 Å². The van der Waals surface area contributed by atoms with E-state index in [0.717, 1.165) is 23.7 Å². The van der Waals surface area contributed by atoms with Gasteiger partial charge in [-0.25, -0.2) is 0 Å². The summed E-state index contributed by atoms with van der Waals surface area (Å²) in [7, 11) is 1.62. The van der Waals surface area contributed by atoms with Crippen LogP contribution in [0.2, 0.25) is 0 Å². The highest BCUT2D eigenvalue weighted by atomic mass is 32.1. The highest BCUT2D eigenvalue weighted by Gasteiger charge is 2.15. The van der Waals surface area contributed by atoms with Gasteiger partial charge in [0.25, 0.3) is 0 Å². The third-order valence-corrected chi connectivity index (χ3v) is 3.85. The maximum Gasteiger partial charge on any atom is 0.129 e. The molecule has 0 atom stereocenters. The number of benzene rings is 1. The van der Waals surface area contributed by atoms with E-state index >= 15 is 0 Å². The molecule has 1 aliphatic carbocycles. The molecule has 4 heteroatoms. The van der Waals surface area contributed by atoms with Crippen molar-refractivity contribution >= 4 is 17.2 Å². The Balaban J connectivity index is 1.92. The minimum atomic E-state index is 0.356. The Hall–Kier alpha value is -1.13. The quantitative estimate of drug-likeness (QED) is 0.813. The van der Waals surface area contributed by atoms with Gasteiger partial charge >= 0.3 is 0 Å². The summed E-state index contributed by atoms with van der Waals surface area (Å²) in [5.41, 5.74) is 7.56. The Kier molecular flexibility index (Phi) is 5.16. The van der Waals surface area contributed by atoms with Crippen molar-refractivity contribution in [3.63, 3.8) is 0 Å². The van der Waals surface area contributed by atoms with E-state index in [1.807, 2.05) is 18.2 Å². The molecule has 0 saturated heterocycles. The molecule has 2 rings (SSSR count). The number of rotatable bonds is 6. The minimum absolute atomic E-state index is 0.356. The Bertz CT molecular complexity index is 442. The van der Waals surface area contributed by atoms with E-state index in [1.165, 1.54) is 25.7 Å². The first-order chi connectivity index (χ1) is 9.20. The maximum atomic E-state index is 5.79. The van der Waals surface area contributed by atoms with Crippen LogP contribution in [-0.2, 0) is 11.3 Å². The van der Waals surface area contributed by atoms with Gasteiger partial charge in [-0.1, -0.05) is 31.1 Å². The van der Waals surface area contributed by atoms with Gasteiger partial charge in [0, 0.05) is 6.61 Å². The van der Waals surface area contributed by atoms with Crippen molar-refractivity contribution in [1.29, 1.82) is 0 Å². The SMILES string of the molecule is COc1ccc(COCC2CCCC2)cc1C(N)=S. The smallest absolute Gasteiger partial charge is 0.129 e. The average Bonchev–Trinajstić information content (AvgIpc) is 2.91. The first-order valence-corrected chi connectivity index (χ1v) is 7.16. The van der Waals surface area contributed by atoms with Gasteiger partial charge in [0.15, 0.2) is 0 Å². The number of hydrogen-bond acceptors (Lipinski definition) is 3. The maximum absolute atomic E-state index is 5.79. The van der Waals surface area contributed by atoms with Crippen molar-refractivity contribution in [1.82, 2.24) is 0 Å². The summed E-state index contributed by atoms with van der Waals surface area (Å²) in [6.45, 7) is 1.46. The monoisotopic (exact) mass is 279 g/mol. The molecular weight excluding hydrogens is 258 g/mol. The molecule has 1 aromatic carbocycles. The zero-order valence-corrected chi connectivity index (χ0v) is 12.2. The summed E-state index contributed by atoms with van der Waals surface area (Å²) in [6, 6.07) is 5.84. The van der Waals surface area contributed by atoms with Gasteiger partial charge in [0.05, 0.1) is 19.3 Å². The lowest BCUT2D eigenvalue weighted by Crippen LogP contribution is -2.12. The molecule has 0 radical (unpaired) electrons. The van der Waals surface area contributed by atoms with Gasteiger partial charge < -0.3 is 15.2 Å². The molecule has 1 saturated carbocycles. The van der Waals surface area contributed by atoms with Crippen LogP contribution in [0, 0.1) is 5.92 Å². The second-order valence-corrected chi connectivity index (χ2v) is 5.50. The Morgan fingerprint density at radius 3 is 2.74 bits per heavy atom. The van der Waals surface area contributed by atoms with Crippen LogP contribution >= 0.6 is 12.2 Å². The van der Waals surface area contributed by atoms with E-state index < -0.39 is 0 Å². The molecule has 1 fully saturated rings. The summed E-state index contributed by atoms with van der Waals surface area (Å²) in [5, 5.41) is 0. The minimum Gasteiger partial charge on any atom is -0.496 e. The molecule has 0 aromatic heterocycles. The number of thiocarbonyl (C=S) groups is 1. The first kappa shape index (κ1) is 14.3. The Labute approximate surface area is 120 Å². The predicted octanol–water partition coefficient (Wildman–Crippen LogP) is 3.04. The Morgan fingerprint density at radius 1 is 1.37 bits per heavy atom. The van der Waals surface area contributed by atoms with E-state index in [2.05, 4.69) is 0 Å². The summed E-state index contributed by atoms with van der Waals surface area (Å²) >= 11 is 5.03. The zero-order chi connectivity index (χ0) is 13.7. The molecular formula is C15H21NO2S. The summed E-state index contributed by atoms with van der Waals surface area (Å²) in [6.07, 6.45) is 5.31. The van der Waals surface area contributed by atoms with E-state index in [9.17, 15) is 0 Å². The number of nitrogens with two attached hydrogens (primary N) is 1. The van der Waals surface area contributed by atoms with Crippen molar-refractivity contribution in [2.45, 2.75) is 32.3 Å². The molecule has 0 spiro atoms. The fourth-order valence-electron chi connectivity index (χ4n) is 2.56. The van der Waals surface area contributed by atoms with Crippen molar-refractivity contribution in [2.24, 2.45) is 11.7 Å². The average molecular weight is 279 g/mol. The van der Waals surface area contributed by atoms with Gasteiger partial charge in [-0.2, -0.15) is 0 Å². The topological polar surface area (TPSA) is 44.5 Å². The second kappa shape index (κ2) is 6.87. The lowest BCUT2D eigenvalue weighted by atomic mass is 10.1. The van der Waals surface area contributed by atoms with Crippen LogP contribution in [0.1, 0.15) is 36.8 Å². The predicted molar refractivity (Wildman–Crippen MR) is 80.5 cm³/mol. The molecule has 1 aliphatic rings. The normalized spacial score (nSPS) is 15.6. The Morgan fingerprint density at radius 2 is 2.11 bits per heavy atom. The third-order valence-electron chi connectivity index (χ3n) is 3.63. The molecule has 3 nitrogen and oxygen atoms in total. The van der Waals surface area contributed by atoms with Crippen LogP contribution in [-0.4, -0.2) is 18.7 Å². The van der Waals surface area contributed by atoms with E-state index in [1.54, 1.807) is 7.11 Å². The van der Waals surface area contributed by atoms with Crippen molar-refractivity contribution in [3.05, 3.63) is 29.3 Å². The fourth-order valence-corrected chi connectivity index (χ4v) is 2.72. The summed E-state index contributed by atoms with van der Waals surface area (Å²) in [5.74, 6) is 1.46.